The molecule has 1 amide bonds. The van der Waals surface area contributed by atoms with E-state index in [-0.39, 0.29) is 29.7 Å². The van der Waals surface area contributed by atoms with Crippen molar-refractivity contribution in [3.63, 3.8) is 0 Å². The van der Waals surface area contributed by atoms with Crippen molar-refractivity contribution in [1.82, 2.24) is 19.9 Å². The summed E-state index contributed by atoms with van der Waals surface area (Å²) in [6, 6.07) is 6.90. The van der Waals surface area contributed by atoms with Crippen LogP contribution < -0.4 is 14.8 Å². The number of rotatable bonds is 4. The zero-order valence-electron chi connectivity index (χ0n) is 15.6. The molecular weight excluding hydrogens is 389 g/mol. The molecule has 1 N–H and O–H groups in total. The van der Waals surface area contributed by atoms with Gasteiger partial charge in [-0.15, -0.1) is 0 Å². The Balaban J connectivity index is 1.80. The van der Waals surface area contributed by atoms with Gasteiger partial charge in [0.15, 0.2) is 28.5 Å². The van der Waals surface area contributed by atoms with Gasteiger partial charge in [-0.1, -0.05) is 13.8 Å². The van der Waals surface area contributed by atoms with Crippen LogP contribution in [-0.4, -0.2) is 33.8 Å². The van der Waals surface area contributed by atoms with Crippen molar-refractivity contribution in [2.45, 2.75) is 20.0 Å². The molecule has 1 aliphatic rings. The number of halogens is 3. The summed E-state index contributed by atoms with van der Waals surface area (Å²) in [5, 5.41) is 6.46. The number of alkyl halides is 3. The number of hydrogen-bond donors (Lipinski definition) is 1. The summed E-state index contributed by atoms with van der Waals surface area (Å²) in [6.07, 6.45) is -4.69. The molecule has 0 unspecified atom stereocenters. The van der Waals surface area contributed by atoms with E-state index in [1.54, 1.807) is 18.2 Å². The highest BCUT2D eigenvalue weighted by Gasteiger charge is 2.35. The van der Waals surface area contributed by atoms with E-state index < -0.39 is 17.8 Å². The Morgan fingerprint density at radius 3 is 2.69 bits per heavy atom. The minimum absolute atomic E-state index is 0.0521. The maximum absolute atomic E-state index is 13.7. The van der Waals surface area contributed by atoms with E-state index >= 15 is 0 Å². The fraction of sp³-hybridized carbons (Fsp3) is 0.316. The molecule has 10 heteroatoms. The van der Waals surface area contributed by atoms with Gasteiger partial charge in [-0.05, 0) is 30.2 Å². The van der Waals surface area contributed by atoms with Crippen molar-refractivity contribution >= 4 is 11.6 Å². The topological polar surface area (TPSA) is 77.8 Å². The lowest BCUT2D eigenvalue weighted by molar-refractivity contribution is -0.142. The second kappa shape index (κ2) is 6.94. The first-order chi connectivity index (χ1) is 13.7. The summed E-state index contributed by atoms with van der Waals surface area (Å²) in [7, 11) is 0. The highest BCUT2D eigenvalue weighted by Crippen LogP contribution is 2.37. The van der Waals surface area contributed by atoms with E-state index in [0.717, 1.165) is 6.07 Å². The normalized spacial score (nSPS) is 13.3. The van der Waals surface area contributed by atoms with Gasteiger partial charge in [0.2, 0.25) is 6.79 Å². The van der Waals surface area contributed by atoms with E-state index in [1.807, 2.05) is 13.8 Å². The van der Waals surface area contributed by atoms with Crippen LogP contribution in [-0.2, 0) is 6.18 Å². The van der Waals surface area contributed by atoms with Crippen molar-refractivity contribution in [3.8, 4) is 22.8 Å². The number of benzene rings is 1. The number of nitrogens with zero attached hydrogens (tertiary/aromatic N) is 3. The van der Waals surface area contributed by atoms with E-state index in [2.05, 4.69) is 15.4 Å². The molecule has 4 rings (SSSR count). The van der Waals surface area contributed by atoms with Crippen LogP contribution in [0.2, 0.25) is 0 Å². The van der Waals surface area contributed by atoms with Gasteiger partial charge in [0.1, 0.15) is 0 Å². The molecule has 3 aromatic rings. The number of carbonyl (C=O) groups excluding carboxylic acids is 1. The van der Waals surface area contributed by atoms with Crippen LogP contribution in [0.4, 0.5) is 13.2 Å². The van der Waals surface area contributed by atoms with Crippen LogP contribution in [0.3, 0.4) is 0 Å². The summed E-state index contributed by atoms with van der Waals surface area (Å²) >= 11 is 0. The standard InChI is InChI=1S/C19H17F3N4O3/c1-10(2)8-23-18(27)13-7-17-24-12(6-16(19(20,21)22)26(17)25-13)11-3-4-14-15(5-11)29-9-28-14/h3-7,10H,8-9H2,1-2H3,(H,23,27). The number of ether oxygens (including phenoxy) is 2. The molecule has 3 heterocycles. The fourth-order valence-corrected chi connectivity index (χ4v) is 2.88. The Kier molecular flexibility index (Phi) is 4.56. The zero-order valence-corrected chi connectivity index (χ0v) is 15.6. The van der Waals surface area contributed by atoms with E-state index in [4.69, 9.17) is 9.47 Å². The van der Waals surface area contributed by atoms with Crippen molar-refractivity contribution in [3.05, 3.63) is 41.7 Å². The first-order valence-electron chi connectivity index (χ1n) is 8.88. The average Bonchev–Trinajstić information content (AvgIpc) is 3.30. The van der Waals surface area contributed by atoms with Crippen LogP contribution in [0.25, 0.3) is 16.9 Å². The molecule has 0 saturated carbocycles. The molecule has 0 spiro atoms. The quantitative estimate of drug-likeness (QED) is 0.717. The number of nitrogens with one attached hydrogen (secondary N) is 1. The molecule has 0 aliphatic carbocycles. The second-order valence-electron chi connectivity index (χ2n) is 7.00. The van der Waals surface area contributed by atoms with Crippen molar-refractivity contribution < 1.29 is 27.4 Å². The third-order valence-electron chi connectivity index (χ3n) is 4.29. The molecule has 152 valence electrons. The Bertz CT molecular complexity index is 1090. The molecule has 0 bridgehead atoms. The van der Waals surface area contributed by atoms with E-state index in [9.17, 15) is 18.0 Å². The maximum Gasteiger partial charge on any atom is 0.433 e. The SMILES string of the molecule is CC(C)CNC(=O)c1cc2nc(-c3ccc4c(c3)OCO4)cc(C(F)(F)F)n2n1. The molecule has 1 aromatic carbocycles. The van der Waals surface area contributed by atoms with Gasteiger partial charge in [0.05, 0.1) is 5.69 Å². The second-order valence-corrected chi connectivity index (χ2v) is 7.00. The molecule has 1 aliphatic heterocycles. The predicted molar refractivity (Wildman–Crippen MR) is 96.7 cm³/mol. The average molecular weight is 406 g/mol. The molecule has 0 fully saturated rings. The number of fused-ring (bicyclic) bond motifs is 2. The summed E-state index contributed by atoms with van der Waals surface area (Å²) in [5.74, 6) is 0.582. The Hall–Kier alpha value is -3.30. The van der Waals surface area contributed by atoms with Gasteiger partial charge in [-0.3, -0.25) is 4.79 Å². The van der Waals surface area contributed by atoms with Crippen LogP contribution in [0, 0.1) is 5.92 Å². The molecular formula is C19H17F3N4O3. The Morgan fingerprint density at radius 1 is 1.21 bits per heavy atom. The van der Waals surface area contributed by atoms with Crippen LogP contribution >= 0.6 is 0 Å². The van der Waals surface area contributed by atoms with Gasteiger partial charge in [0, 0.05) is 18.2 Å². The van der Waals surface area contributed by atoms with Gasteiger partial charge in [-0.25, -0.2) is 9.50 Å². The lowest BCUT2D eigenvalue weighted by Gasteiger charge is -2.11. The predicted octanol–water partition coefficient (Wildman–Crippen LogP) is 3.53. The van der Waals surface area contributed by atoms with Crippen molar-refractivity contribution in [2.75, 3.05) is 13.3 Å². The fourth-order valence-electron chi connectivity index (χ4n) is 2.88. The third-order valence-corrected chi connectivity index (χ3v) is 4.29. The molecule has 0 saturated heterocycles. The number of hydrogen-bond acceptors (Lipinski definition) is 5. The Morgan fingerprint density at radius 2 is 1.97 bits per heavy atom. The number of amides is 1. The first kappa shape index (κ1) is 19.0. The molecule has 7 nitrogen and oxygen atoms in total. The van der Waals surface area contributed by atoms with Crippen LogP contribution in [0.1, 0.15) is 30.0 Å². The summed E-state index contributed by atoms with van der Waals surface area (Å²) < 4.78 is 52.1. The monoisotopic (exact) mass is 406 g/mol. The molecule has 2 aromatic heterocycles. The third kappa shape index (κ3) is 3.69. The van der Waals surface area contributed by atoms with Crippen LogP contribution in [0.15, 0.2) is 30.3 Å². The maximum atomic E-state index is 13.7. The summed E-state index contributed by atoms with van der Waals surface area (Å²) in [4.78, 5) is 16.5. The van der Waals surface area contributed by atoms with Crippen molar-refractivity contribution in [1.29, 1.82) is 0 Å². The Labute approximate surface area is 163 Å². The minimum atomic E-state index is -4.69. The lowest BCUT2D eigenvalue weighted by Crippen LogP contribution is -2.27. The highest BCUT2D eigenvalue weighted by atomic mass is 19.4. The molecule has 0 atom stereocenters. The zero-order chi connectivity index (χ0) is 20.8. The molecule has 29 heavy (non-hydrogen) atoms. The van der Waals surface area contributed by atoms with Crippen molar-refractivity contribution in [2.24, 2.45) is 5.92 Å². The first-order valence-corrected chi connectivity index (χ1v) is 8.88. The smallest absolute Gasteiger partial charge is 0.433 e. The number of aromatic nitrogens is 3. The largest absolute Gasteiger partial charge is 0.454 e. The van der Waals surface area contributed by atoms with Gasteiger partial charge < -0.3 is 14.8 Å². The summed E-state index contributed by atoms with van der Waals surface area (Å²) in [6.45, 7) is 4.25. The lowest BCUT2D eigenvalue weighted by atomic mass is 10.1. The summed E-state index contributed by atoms with van der Waals surface area (Å²) in [5.41, 5.74) is -0.738. The van der Waals surface area contributed by atoms with E-state index in [0.29, 0.717) is 28.1 Å². The van der Waals surface area contributed by atoms with Gasteiger partial charge >= 0.3 is 6.18 Å². The minimum Gasteiger partial charge on any atom is -0.454 e. The van der Waals surface area contributed by atoms with Gasteiger partial charge in [0.25, 0.3) is 5.91 Å². The van der Waals surface area contributed by atoms with E-state index in [1.165, 1.54) is 6.07 Å². The molecule has 0 radical (unpaired) electrons. The number of carbonyl (C=O) groups is 1. The van der Waals surface area contributed by atoms with Gasteiger partial charge in [-0.2, -0.15) is 18.3 Å². The van der Waals surface area contributed by atoms with Crippen LogP contribution in [0.5, 0.6) is 11.5 Å². The highest BCUT2D eigenvalue weighted by molar-refractivity contribution is 5.93.